The standard InChI is InChI=1S/C35H35NO6S/c1-25-20-30(15-17-33(25)42-23-34(37)38)43(39,40)36-24-35(18-6-3-7-19-35)31-21-28(12-16-32(31)36)27-10-13-29(14-11-27)41-22-26-8-4-2-5-9-26/h2,4-5,8-17,20-21H,3,6-7,18-19,22-24H2,1H3,(H,37,38). The second-order valence-corrected chi connectivity index (χ2v) is 13.4. The van der Waals surface area contributed by atoms with Crippen LogP contribution in [0, 0.1) is 6.92 Å². The van der Waals surface area contributed by atoms with Crippen molar-refractivity contribution in [2.75, 3.05) is 17.5 Å². The van der Waals surface area contributed by atoms with Crippen molar-refractivity contribution in [2.45, 2.75) is 55.9 Å². The Morgan fingerprint density at radius 2 is 1.58 bits per heavy atom. The zero-order valence-corrected chi connectivity index (χ0v) is 25.0. The quantitative estimate of drug-likeness (QED) is 0.221. The molecule has 1 heterocycles. The first-order valence-electron chi connectivity index (χ1n) is 14.6. The van der Waals surface area contributed by atoms with Gasteiger partial charge in [0.15, 0.2) is 6.61 Å². The molecule has 7 nitrogen and oxygen atoms in total. The number of carboxylic acid groups (broad SMARTS) is 1. The largest absolute Gasteiger partial charge is 0.489 e. The van der Waals surface area contributed by atoms with E-state index in [9.17, 15) is 13.2 Å². The molecule has 43 heavy (non-hydrogen) atoms. The smallest absolute Gasteiger partial charge is 0.341 e. The van der Waals surface area contributed by atoms with E-state index in [0.717, 1.165) is 65.8 Å². The molecule has 1 aliphatic carbocycles. The summed E-state index contributed by atoms with van der Waals surface area (Å²) in [5.41, 5.74) is 5.38. The molecule has 2 aliphatic rings. The highest BCUT2D eigenvalue weighted by molar-refractivity contribution is 7.92. The van der Waals surface area contributed by atoms with Crippen LogP contribution in [0.4, 0.5) is 5.69 Å². The van der Waals surface area contributed by atoms with Crippen LogP contribution < -0.4 is 13.8 Å². The van der Waals surface area contributed by atoms with Crippen LogP contribution in [0.15, 0.2) is 95.9 Å². The van der Waals surface area contributed by atoms with E-state index in [1.54, 1.807) is 17.3 Å². The van der Waals surface area contributed by atoms with Gasteiger partial charge in [0.05, 0.1) is 10.6 Å². The Kier molecular flexibility index (Phi) is 7.88. The van der Waals surface area contributed by atoms with Crippen molar-refractivity contribution >= 4 is 21.7 Å². The lowest BCUT2D eigenvalue weighted by Gasteiger charge is -2.34. The van der Waals surface area contributed by atoms with Crippen LogP contribution in [0.3, 0.4) is 0 Å². The summed E-state index contributed by atoms with van der Waals surface area (Å²) in [6.45, 7) is 2.15. The Labute approximate surface area is 252 Å². The van der Waals surface area contributed by atoms with Gasteiger partial charge in [-0.25, -0.2) is 13.2 Å². The van der Waals surface area contributed by atoms with E-state index in [1.165, 1.54) is 12.1 Å². The number of nitrogens with zero attached hydrogens (tertiary/aromatic N) is 1. The van der Waals surface area contributed by atoms with Crippen molar-refractivity contribution in [1.82, 2.24) is 0 Å². The lowest BCUT2D eigenvalue weighted by Crippen LogP contribution is -2.38. The molecule has 222 valence electrons. The highest BCUT2D eigenvalue weighted by atomic mass is 32.2. The van der Waals surface area contributed by atoms with Gasteiger partial charge < -0.3 is 14.6 Å². The maximum atomic E-state index is 14.1. The van der Waals surface area contributed by atoms with Crippen molar-refractivity contribution in [3.63, 3.8) is 0 Å². The monoisotopic (exact) mass is 597 g/mol. The van der Waals surface area contributed by atoms with Crippen LogP contribution in [0.2, 0.25) is 0 Å². The number of anilines is 1. The number of benzene rings is 4. The van der Waals surface area contributed by atoms with Crippen molar-refractivity contribution in [3.05, 3.63) is 108 Å². The molecule has 0 bridgehead atoms. The number of fused-ring (bicyclic) bond motifs is 2. The average Bonchev–Trinajstić information content (AvgIpc) is 3.33. The molecule has 0 radical (unpaired) electrons. The molecule has 1 aliphatic heterocycles. The van der Waals surface area contributed by atoms with Gasteiger partial charge in [0.25, 0.3) is 10.0 Å². The van der Waals surface area contributed by atoms with Crippen LogP contribution in [-0.2, 0) is 26.8 Å². The number of aryl methyl sites for hydroxylation is 1. The minimum Gasteiger partial charge on any atom is -0.489 e. The van der Waals surface area contributed by atoms with E-state index >= 15 is 0 Å². The molecule has 0 aromatic heterocycles. The Balaban J connectivity index is 1.29. The molecule has 4 aromatic carbocycles. The molecule has 8 heteroatoms. The van der Waals surface area contributed by atoms with Gasteiger partial charge in [-0.2, -0.15) is 0 Å². The minimum atomic E-state index is -3.87. The normalized spacial score (nSPS) is 15.7. The number of rotatable bonds is 9. The molecule has 0 unspecified atom stereocenters. The summed E-state index contributed by atoms with van der Waals surface area (Å²) in [4.78, 5) is 11.1. The van der Waals surface area contributed by atoms with Crippen LogP contribution in [0.5, 0.6) is 11.5 Å². The number of aliphatic carboxylic acids is 1. The Morgan fingerprint density at radius 1 is 0.860 bits per heavy atom. The summed E-state index contributed by atoms with van der Waals surface area (Å²) in [7, 11) is -3.87. The van der Waals surface area contributed by atoms with Crippen molar-refractivity contribution in [3.8, 4) is 22.6 Å². The summed E-state index contributed by atoms with van der Waals surface area (Å²) < 4.78 is 41.0. The zero-order valence-electron chi connectivity index (χ0n) is 24.2. The molecular formula is C35H35NO6S. The van der Waals surface area contributed by atoms with Crippen LogP contribution in [0.25, 0.3) is 11.1 Å². The topological polar surface area (TPSA) is 93.1 Å². The van der Waals surface area contributed by atoms with Crippen molar-refractivity contribution < 1.29 is 27.8 Å². The fourth-order valence-electron chi connectivity index (χ4n) is 6.37. The van der Waals surface area contributed by atoms with Gasteiger partial charge in [0, 0.05) is 12.0 Å². The lowest BCUT2D eigenvalue weighted by atomic mass is 9.70. The van der Waals surface area contributed by atoms with Crippen LogP contribution in [-0.4, -0.2) is 32.6 Å². The van der Waals surface area contributed by atoms with Gasteiger partial charge in [-0.15, -0.1) is 0 Å². The van der Waals surface area contributed by atoms with Gasteiger partial charge in [-0.3, -0.25) is 4.31 Å². The highest BCUT2D eigenvalue weighted by Crippen LogP contribution is 2.51. The number of hydrogen-bond acceptors (Lipinski definition) is 5. The van der Waals surface area contributed by atoms with Gasteiger partial charge in [0.1, 0.15) is 18.1 Å². The van der Waals surface area contributed by atoms with E-state index in [-0.39, 0.29) is 10.3 Å². The fourth-order valence-corrected chi connectivity index (χ4v) is 8.02. The van der Waals surface area contributed by atoms with E-state index in [0.29, 0.717) is 24.5 Å². The second-order valence-electron chi connectivity index (χ2n) is 11.5. The van der Waals surface area contributed by atoms with Gasteiger partial charge in [0.2, 0.25) is 0 Å². The minimum absolute atomic E-state index is 0.168. The summed E-state index contributed by atoms with van der Waals surface area (Å²) in [5, 5.41) is 8.94. The number of sulfonamides is 1. The summed E-state index contributed by atoms with van der Waals surface area (Å²) >= 11 is 0. The predicted molar refractivity (Wildman–Crippen MR) is 166 cm³/mol. The first kappa shape index (κ1) is 28.8. The molecule has 1 saturated carbocycles. The zero-order chi connectivity index (χ0) is 30.0. The maximum Gasteiger partial charge on any atom is 0.341 e. The third-order valence-corrected chi connectivity index (χ3v) is 10.4. The number of carboxylic acids is 1. The lowest BCUT2D eigenvalue weighted by molar-refractivity contribution is -0.139. The fraction of sp³-hybridized carbons (Fsp3) is 0.286. The Bertz CT molecular complexity index is 1730. The summed E-state index contributed by atoms with van der Waals surface area (Å²) in [6, 6.07) is 28.8. The van der Waals surface area contributed by atoms with E-state index in [4.69, 9.17) is 14.6 Å². The number of ether oxygens (including phenoxy) is 2. The van der Waals surface area contributed by atoms with Gasteiger partial charge in [-0.1, -0.05) is 67.8 Å². The third kappa shape index (κ3) is 5.84. The van der Waals surface area contributed by atoms with E-state index < -0.39 is 22.6 Å². The first-order valence-corrected chi connectivity index (χ1v) is 16.1. The van der Waals surface area contributed by atoms with Gasteiger partial charge in [-0.05, 0) is 90.0 Å². The second kappa shape index (κ2) is 11.8. The van der Waals surface area contributed by atoms with E-state index in [1.807, 2.05) is 54.6 Å². The number of hydrogen-bond donors (Lipinski definition) is 1. The molecule has 0 amide bonds. The van der Waals surface area contributed by atoms with Crippen LogP contribution >= 0.6 is 0 Å². The highest BCUT2D eigenvalue weighted by Gasteiger charge is 2.47. The molecular weight excluding hydrogens is 562 g/mol. The summed E-state index contributed by atoms with van der Waals surface area (Å²) in [6.07, 6.45) is 5.19. The van der Waals surface area contributed by atoms with Crippen molar-refractivity contribution in [1.29, 1.82) is 0 Å². The van der Waals surface area contributed by atoms with Crippen LogP contribution in [0.1, 0.15) is 48.8 Å². The number of carbonyl (C=O) groups is 1. The van der Waals surface area contributed by atoms with E-state index in [2.05, 4.69) is 18.2 Å². The maximum absolute atomic E-state index is 14.1. The molecule has 1 spiro atoms. The first-order chi connectivity index (χ1) is 20.7. The van der Waals surface area contributed by atoms with Crippen molar-refractivity contribution in [2.24, 2.45) is 0 Å². The average molecular weight is 598 g/mol. The van der Waals surface area contributed by atoms with Gasteiger partial charge >= 0.3 is 5.97 Å². The Morgan fingerprint density at radius 3 is 2.28 bits per heavy atom. The molecule has 1 N–H and O–H groups in total. The summed E-state index contributed by atoms with van der Waals surface area (Å²) in [5.74, 6) is 0.0618. The molecule has 4 aromatic rings. The third-order valence-electron chi connectivity index (χ3n) is 8.62. The Hall–Kier alpha value is -4.30. The SMILES string of the molecule is Cc1cc(S(=O)(=O)N2CC3(CCCCC3)c3cc(-c4ccc(OCc5ccccc5)cc4)ccc32)ccc1OCC(=O)O. The molecule has 0 saturated heterocycles. The molecule has 1 fully saturated rings. The molecule has 6 rings (SSSR count). The molecule has 0 atom stereocenters. The predicted octanol–water partition coefficient (Wildman–Crippen LogP) is 7.12.